The highest BCUT2D eigenvalue weighted by Crippen LogP contribution is 2.34. The van der Waals surface area contributed by atoms with E-state index in [9.17, 15) is 4.79 Å². The second-order valence-corrected chi connectivity index (χ2v) is 8.28. The lowest BCUT2D eigenvalue weighted by Crippen LogP contribution is -3.14. The number of para-hydroxylation sites is 1. The molecular weight excluding hydrogens is 366 g/mol. The van der Waals surface area contributed by atoms with Crippen LogP contribution in [0.5, 0.6) is 0 Å². The van der Waals surface area contributed by atoms with Crippen molar-refractivity contribution in [3.63, 3.8) is 0 Å². The third-order valence-electron chi connectivity index (χ3n) is 6.13. The number of carbonyl (C=O) groups excluding carboxylic acids is 1. The third-order valence-corrected chi connectivity index (χ3v) is 6.13. The topological polar surface area (TPSA) is 63.4 Å². The summed E-state index contributed by atoms with van der Waals surface area (Å²) in [7, 11) is 0. The van der Waals surface area contributed by atoms with Crippen LogP contribution in [0.1, 0.15) is 43.7 Å². The highest BCUT2D eigenvalue weighted by molar-refractivity contribution is 6.03. The van der Waals surface area contributed by atoms with E-state index in [-0.39, 0.29) is 11.9 Å². The average Bonchev–Trinajstić information content (AvgIpc) is 3.47. The van der Waals surface area contributed by atoms with Gasteiger partial charge in [0, 0.05) is 11.8 Å². The van der Waals surface area contributed by atoms with E-state index in [1.54, 1.807) is 11.3 Å². The number of hydrogen-bond donors (Lipinski definition) is 1. The van der Waals surface area contributed by atoms with E-state index in [2.05, 4.69) is 6.92 Å². The van der Waals surface area contributed by atoms with Crippen LogP contribution in [0.3, 0.4) is 0 Å². The first kappa shape index (κ1) is 18.2. The van der Waals surface area contributed by atoms with Crippen LogP contribution in [0.25, 0.3) is 11.0 Å². The van der Waals surface area contributed by atoms with Crippen molar-refractivity contribution in [3.8, 4) is 0 Å². The number of likely N-dealkylation sites (tertiary alicyclic amines) is 1. The van der Waals surface area contributed by atoms with E-state index in [0.717, 1.165) is 47.2 Å². The highest BCUT2D eigenvalue weighted by Gasteiger charge is 2.37. The van der Waals surface area contributed by atoms with Crippen molar-refractivity contribution >= 4 is 22.6 Å². The molecule has 3 aromatic rings. The Kier molecular flexibility index (Phi) is 4.72. The summed E-state index contributed by atoms with van der Waals surface area (Å²) in [6, 6.07) is 13.5. The van der Waals surface area contributed by atoms with Gasteiger partial charge in [-0.05, 0) is 43.0 Å². The second-order valence-electron chi connectivity index (χ2n) is 8.28. The van der Waals surface area contributed by atoms with Crippen LogP contribution >= 0.6 is 0 Å². The van der Waals surface area contributed by atoms with Crippen LogP contribution in [-0.2, 0) is 4.79 Å². The normalized spacial score (nSPS) is 24.8. The lowest BCUT2D eigenvalue weighted by molar-refractivity contribution is -0.898. The van der Waals surface area contributed by atoms with Crippen LogP contribution in [0.4, 0.5) is 0 Å². The van der Waals surface area contributed by atoms with Gasteiger partial charge < -0.3 is 13.7 Å². The molecule has 1 saturated heterocycles. The number of benzene rings is 1. The lowest BCUT2D eigenvalue weighted by Gasteiger charge is -2.28. The van der Waals surface area contributed by atoms with E-state index in [4.69, 9.17) is 13.9 Å². The second kappa shape index (κ2) is 7.52. The molecule has 2 aliphatic heterocycles. The molecule has 0 bridgehead atoms. The molecule has 1 amide bonds. The monoisotopic (exact) mass is 392 g/mol. The summed E-state index contributed by atoms with van der Waals surface area (Å²) in [5, 5.41) is 7.36. The molecule has 0 unspecified atom stereocenters. The molecule has 2 aromatic heterocycles. The predicted molar refractivity (Wildman–Crippen MR) is 110 cm³/mol. The maximum Gasteiger partial charge on any atom is 0.298 e. The first-order valence-electron chi connectivity index (χ1n) is 10.4. The number of nitrogens with zero attached hydrogens (tertiary/aromatic N) is 2. The maximum absolute atomic E-state index is 13.2. The van der Waals surface area contributed by atoms with E-state index >= 15 is 0 Å². The minimum atomic E-state index is -0.219. The quantitative estimate of drug-likeness (QED) is 0.742. The fourth-order valence-electron chi connectivity index (χ4n) is 4.36. The van der Waals surface area contributed by atoms with E-state index in [1.807, 2.05) is 42.5 Å². The summed E-state index contributed by atoms with van der Waals surface area (Å²) < 4.78 is 11.6. The summed E-state index contributed by atoms with van der Waals surface area (Å²) >= 11 is 0. The Bertz CT molecular complexity index is 996. The van der Waals surface area contributed by atoms with Gasteiger partial charge in [0.1, 0.15) is 23.1 Å². The Morgan fingerprint density at radius 3 is 2.79 bits per heavy atom. The fourth-order valence-corrected chi connectivity index (χ4v) is 4.36. The molecule has 6 nitrogen and oxygen atoms in total. The van der Waals surface area contributed by atoms with Crippen molar-refractivity contribution in [3.05, 3.63) is 60.2 Å². The molecule has 4 heterocycles. The molecule has 6 heteroatoms. The van der Waals surface area contributed by atoms with Gasteiger partial charge >= 0.3 is 0 Å². The zero-order valence-corrected chi connectivity index (χ0v) is 16.6. The van der Waals surface area contributed by atoms with E-state index in [0.29, 0.717) is 13.0 Å². The molecule has 1 N–H and O–H groups in total. The summed E-state index contributed by atoms with van der Waals surface area (Å²) in [5.74, 6) is 2.28. The highest BCUT2D eigenvalue weighted by atomic mass is 16.3. The molecule has 29 heavy (non-hydrogen) atoms. The van der Waals surface area contributed by atoms with Gasteiger partial charge in [-0.1, -0.05) is 25.1 Å². The summed E-state index contributed by atoms with van der Waals surface area (Å²) in [5.41, 5.74) is 1.62. The number of nitrogens with one attached hydrogen (secondary N) is 1. The van der Waals surface area contributed by atoms with E-state index in [1.165, 1.54) is 17.7 Å². The Balaban J connectivity index is 1.41. The minimum Gasteiger partial charge on any atom is -0.467 e. The lowest BCUT2D eigenvalue weighted by atomic mass is 9.99. The standard InChI is InChI=1S/C23H25N3O3/c1-16-8-10-25(11-9-16)15-23(27)26-19(21-7-4-12-28-21)14-18(24-26)22-13-17-5-2-3-6-20(17)29-22/h2-7,12-13,16,19H,8-11,14-15H2,1H3/p+1/t19-/m1/s1. The van der Waals surface area contributed by atoms with Crippen LogP contribution < -0.4 is 4.90 Å². The molecule has 5 rings (SSSR count). The van der Waals surface area contributed by atoms with Crippen molar-refractivity contribution in [2.45, 2.75) is 32.2 Å². The summed E-state index contributed by atoms with van der Waals surface area (Å²) in [6.07, 6.45) is 4.59. The average molecular weight is 392 g/mol. The fraction of sp³-hybridized carbons (Fsp3) is 0.391. The first-order valence-corrected chi connectivity index (χ1v) is 10.4. The molecule has 1 aromatic carbocycles. The largest absolute Gasteiger partial charge is 0.467 e. The van der Waals surface area contributed by atoms with Gasteiger partial charge in [-0.25, -0.2) is 5.01 Å². The maximum atomic E-state index is 13.2. The number of hydrazone groups is 1. The van der Waals surface area contributed by atoms with Crippen molar-refractivity contribution < 1.29 is 18.5 Å². The summed E-state index contributed by atoms with van der Waals surface area (Å²) in [4.78, 5) is 14.5. The number of amides is 1. The number of quaternary nitrogens is 1. The Morgan fingerprint density at radius 1 is 1.21 bits per heavy atom. The molecule has 1 fully saturated rings. The van der Waals surface area contributed by atoms with Crippen molar-refractivity contribution in [2.24, 2.45) is 11.0 Å². The number of furan rings is 2. The SMILES string of the molecule is CC1CC[NH+](CC(=O)N2N=C(c3cc4ccccc4o3)C[C@@H]2c2ccco2)CC1. The first-order chi connectivity index (χ1) is 14.2. The van der Waals surface area contributed by atoms with Gasteiger partial charge in [0.25, 0.3) is 5.91 Å². The molecule has 2 aliphatic rings. The van der Waals surface area contributed by atoms with Crippen LogP contribution in [0.2, 0.25) is 0 Å². The van der Waals surface area contributed by atoms with Crippen molar-refractivity contribution in [1.29, 1.82) is 0 Å². The Morgan fingerprint density at radius 2 is 2.03 bits per heavy atom. The van der Waals surface area contributed by atoms with E-state index < -0.39 is 0 Å². The molecule has 1 atom stereocenters. The van der Waals surface area contributed by atoms with Crippen LogP contribution in [0, 0.1) is 5.92 Å². The summed E-state index contributed by atoms with van der Waals surface area (Å²) in [6.45, 7) is 4.86. The van der Waals surface area contributed by atoms with Crippen LogP contribution in [0.15, 0.2) is 62.7 Å². The Hall–Kier alpha value is -2.86. The van der Waals surface area contributed by atoms with Gasteiger partial charge in [0.2, 0.25) is 0 Å². The number of fused-ring (bicyclic) bond motifs is 1. The molecule has 0 saturated carbocycles. The molecule has 0 radical (unpaired) electrons. The van der Waals surface area contributed by atoms with Crippen molar-refractivity contribution in [1.82, 2.24) is 5.01 Å². The number of carbonyl (C=O) groups is 1. The van der Waals surface area contributed by atoms with Crippen LogP contribution in [-0.4, -0.2) is 36.3 Å². The molecule has 0 aliphatic carbocycles. The van der Waals surface area contributed by atoms with Gasteiger partial charge in [0.05, 0.1) is 19.4 Å². The van der Waals surface area contributed by atoms with Gasteiger partial charge in [-0.15, -0.1) is 0 Å². The molecule has 0 spiro atoms. The third kappa shape index (κ3) is 3.60. The predicted octanol–water partition coefficient (Wildman–Crippen LogP) is 3.02. The van der Waals surface area contributed by atoms with Gasteiger partial charge in [0.15, 0.2) is 12.3 Å². The number of hydrogen-bond acceptors (Lipinski definition) is 4. The Labute approximate surface area is 169 Å². The van der Waals surface area contributed by atoms with Gasteiger partial charge in [-0.3, -0.25) is 4.79 Å². The molecular formula is C23H26N3O3+. The zero-order valence-electron chi connectivity index (χ0n) is 16.6. The van der Waals surface area contributed by atoms with Crippen molar-refractivity contribution in [2.75, 3.05) is 19.6 Å². The minimum absolute atomic E-state index is 0.0436. The molecule has 150 valence electrons. The van der Waals surface area contributed by atoms with Gasteiger partial charge in [-0.2, -0.15) is 5.10 Å². The smallest absolute Gasteiger partial charge is 0.298 e. The number of piperidine rings is 1. The zero-order chi connectivity index (χ0) is 19.8. The number of rotatable bonds is 4.